The van der Waals surface area contributed by atoms with Gasteiger partial charge in [-0.2, -0.15) is 8.42 Å². The molecular formula is C15H23N7O7S. The van der Waals surface area contributed by atoms with Crippen LogP contribution in [0.1, 0.15) is 26.0 Å². The number of aromatic nitrogens is 4. The Morgan fingerprint density at radius 3 is 2.80 bits per heavy atom. The number of nitrogens with one attached hydrogen (secondary N) is 1. The van der Waals surface area contributed by atoms with Crippen molar-refractivity contribution in [2.75, 3.05) is 12.3 Å². The number of nitrogens with zero attached hydrogens (tertiary/aromatic N) is 4. The molecule has 30 heavy (non-hydrogen) atoms. The minimum Gasteiger partial charge on any atom is -0.387 e. The molecule has 2 aromatic heterocycles. The van der Waals surface area contributed by atoms with E-state index in [-0.39, 0.29) is 17.0 Å². The van der Waals surface area contributed by atoms with Gasteiger partial charge >= 0.3 is 10.3 Å². The lowest BCUT2D eigenvalue weighted by Gasteiger charge is -2.16. The van der Waals surface area contributed by atoms with Crippen molar-refractivity contribution < 1.29 is 32.3 Å². The van der Waals surface area contributed by atoms with Gasteiger partial charge in [0.2, 0.25) is 0 Å². The van der Waals surface area contributed by atoms with Gasteiger partial charge in [0.05, 0.1) is 19.0 Å². The van der Waals surface area contributed by atoms with Gasteiger partial charge in [0.1, 0.15) is 30.2 Å². The van der Waals surface area contributed by atoms with E-state index in [0.29, 0.717) is 12.8 Å². The molecule has 7 N–H and O–H groups in total. The van der Waals surface area contributed by atoms with Gasteiger partial charge in [0.25, 0.3) is 5.91 Å². The number of imidazole rings is 1. The summed E-state index contributed by atoms with van der Waals surface area (Å²) in [6.45, 7) is 1.13. The van der Waals surface area contributed by atoms with Crippen molar-refractivity contribution in [2.24, 2.45) is 5.73 Å². The van der Waals surface area contributed by atoms with Crippen LogP contribution in [-0.2, 0) is 24.0 Å². The summed E-state index contributed by atoms with van der Waals surface area (Å²) < 4.78 is 37.2. The molecule has 0 radical (unpaired) electrons. The maximum Gasteiger partial charge on any atom is 0.362 e. The van der Waals surface area contributed by atoms with Crippen LogP contribution in [-0.4, -0.2) is 75.0 Å². The van der Waals surface area contributed by atoms with E-state index in [2.05, 4.69) is 15.0 Å². The normalized spacial score (nSPS) is 25.5. The number of ether oxygens (including phenoxy) is 1. The Morgan fingerprint density at radius 1 is 1.37 bits per heavy atom. The Morgan fingerprint density at radius 2 is 2.10 bits per heavy atom. The molecule has 2 aromatic rings. The van der Waals surface area contributed by atoms with Crippen LogP contribution in [0, 0.1) is 0 Å². The number of carbonyl (C=O) groups is 1. The maximum atomic E-state index is 12.0. The van der Waals surface area contributed by atoms with Crippen molar-refractivity contribution in [3.05, 3.63) is 12.7 Å². The number of amides is 1. The van der Waals surface area contributed by atoms with Gasteiger partial charge in [-0.3, -0.25) is 13.5 Å². The third kappa shape index (κ3) is 4.50. The summed E-state index contributed by atoms with van der Waals surface area (Å²) in [5, 5.41) is 20.6. The maximum absolute atomic E-state index is 12.0. The minimum atomic E-state index is -4.49. The number of hydrogen-bond donors (Lipinski definition) is 5. The predicted octanol–water partition coefficient (Wildman–Crippen LogP) is -2.47. The molecular weight excluding hydrogens is 422 g/mol. The Labute approximate surface area is 171 Å². The SMILES string of the molecule is CCCC(N)C(=O)NS(=O)(=O)OC[C@H]1O[C@@H](n2cnc3c(N)ncnc32)[C@H](O)[C@@H]1O. The highest BCUT2D eigenvalue weighted by molar-refractivity contribution is 7.85. The van der Waals surface area contributed by atoms with Crippen LogP contribution in [0.2, 0.25) is 0 Å². The first-order chi connectivity index (χ1) is 14.1. The average molecular weight is 445 g/mol. The fourth-order valence-electron chi connectivity index (χ4n) is 2.98. The van der Waals surface area contributed by atoms with E-state index >= 15 is 0 Å². The van der Waals surface area contributed by atoms with Crippen LogP contribution < -0.4 is 16.2 Å². The summed E-state index contributed by atoms with van der Waals surface area (Å²) in [5.41, 5.74) is 11.8. The van der Waals surface area contributed by atoms with E-state index in [0.717, 1.165) is 0 Å². The zero-order valence-electron chi connectivity index (χ0n) is 16.0. The second-order valence-corrected chi connectivity index (χ2v) is 8.08. The van der Waals surface area contributed by atoms with Crippen LogP contribution in [0.5, 0.6) is 0 Å². The van der Waals surface area contributed by atoms with Gasteiger partial charge in [0, 0.05) is 0 Å². The third-order valence-electron chi connectivity index (χ3n) is 4.55. The van der Waals surface area contributed by atoms with Crippen LogP contribution in [0.4, 0.5) is 5.82 Å². The molecule has 14 nitrogen and oxygen atoms in total. The standard InChI is InChI=1S/C15H23N7O7S/c1-2-3-7(16)14(25)21-30(26,27)28-4-8-10(23)11(24)15(29-8)22-6-20-9-12(17)18-5-19-13(9)22/h5-8,10-11,15,23-24H,2-4,16H2,1H3,(H,21,25)(H2,17,18,19)/t7?,8-,10-,11-,15-/m1/s1. The molecule has 1 amide bonds. The first-order valence-electron chi connectivity index (χ1n) is 9.05. The van der Waals surface area contributed by atoms with Crippen LogP contribution in [0.3, 0.4) is 0 Å². The van der Waals surface area contributed by atoms with E-state index in [9.17, 15) is 23.4 Å². The number of aliphatic hydroxyl groups excluding tert-OH is 2. The highest BCUT2D eigenvalue weighted by Crippen LogP contribution is 2.32. The van der Waals surface area contributed by atoms with E-state index in [1.165, 1.54) is 17.2 Å². The van der Waals surface area contributed by atoms with Gasteiger partial charge in [-0.15, -0.1) is 0 Å². The number of nitrogen functional groups attached to an aromatic ring is 1. The first kappa shape index (κ1) is 22.3. The molecule has 0 aromatic carbocycles. The zero-order chi connectivity index (χ0) is 22.1. The number of carbonyl (C=O) groups excluding carboxylic acids is 1. The van der Waals surface area contributed by atoms with E-state index < -0.39 is 53.4 Å². The third-order valence-corrected chi connectivity index (χ3v) is 5.45. The lowest BCUT2D eigenvalue weighted by molar-refractivity contribution is -0.120. The second-order valence-electron chi connectivity index (χ2n) is 6.73. The van der Waals surface area contributed by atoms with E-state index in [1.54, 1.807) is 11.6 Å². The molecule has 1 aliphatic rings. The van der Waals surface area contributed by atoms with Gasteiger partial charge < -0.3 is 26.4 Å². The Hall–Kier alpha value is -2.43. The second kappa shape index (κ2) is 8.75. The van der Waals surface area contributed by atoms with Crippen molar-refractivity contribution >= 4 is 33.2 Å². The van der Waals surface area contributed by atoms with Crippen molar-refractivity contribution in [2.45, 2.75) is 50.3 Å². The minimum absolute atomic E-state index is 0.120. The molecule has 5 atom stereocenters. The fourth-order valence-corrected chi connectivity index (χ4v) is 3.75. The molecule has 0 aliphatic carbocycles. The van der Waals surface area contributed by atoms with Crippen molar-refractivity contribution in [1.29, 1.82) is 0 Å². The zero-order valence-corrected chi connectivity index (χ0v) is 16.8. The molecule has 1 saturated heterocycles. The van der Waals surface area contributed by atoms with Crippen LogP contribution >= 0.6 is 0 Å². The predicted molar refractivity (Wildman–Crippen MR) is 102 cm³/mol. The van der Waals surface area contributed by atoms with Crippen molar-refractivity contribution in [3.63, 3.8) is 0 Å². The Bertz CT molecular complexity index is 1010. The molecule has 3 heterocycles. The average Bonchev–Trinajstić information content (AvgIpc) is 3.23. The summed E-state index contributed by atoms with van der Waals surface area (Å²) in [6.07, 6.45) is -1.90. The summed E-state index contributed by atoms with van der Waals surface area (Å²) in [6, 6.07) is -1.00. The number of fused-ring (bicyclic) bond motifs is 1. The van der Waals surface area contributed by atoms with Crippen LogP contribution in [0.15, 0.2) is 12.7 Å². The van der Waals surface area contributed by atoms with Gasteiger partial charge in [-0.25, -0.2) is 19.7 Å². The lowest BCUT2D eigenvalue weighted by atomic mass is 10.1. The molecule has 1 unspecified atom stereocenters. The molecule has 1 fully saturated rings. The first-order valence-corrected chi connectivity index (χ1v) is 10.5. The number of anilines is 1. The van der Waals surface area contributed by atoms with E-state index in [4.69, 9.17) is 20.4 Å². The number of hydrogen-bond acceptors (Lipinski definition) is 12. The van der Waals surface area contributed by atoms with Crippen LogP contribution in [0.25, 0.3) is 11.2 Å². The lowest BCUT2D eigenvalue weighted by Crippen LogP contribution is -2.44. The number of nitrogens with two attached hydrogens (primary N) is 2. The topological polar surface area (TPSA) is 218 Å². The Kier molecular flexibility index (Phi) is 6.49. The highest BCUT2D eigenvalue weighted by atomic mass is 32.2. The largest absolute Gasteiger partial charge is 0.387 e. The molecule has 166 valence electrons. The molecule has 0 spiro atoms. The summed E-state index contributed by atoms with van der Waals surface area (Å²) in [7, 11) is -4.49. The smallest absolute Gasteiger partial charge is 0.362 e. The fraction of sp³-hybridized carbons (Fsp3) is 0.600. The Balaban J connectivity index is 1.67. The summed E-state index contributed by atoms with van der Waals surface area (Å²) in [5.74, 6) is -0.792. The highest BCUT2D eigenvalue weighted by Gasteiger charge is 2.45. The number of aliphatic hydroxyl groups is 2. The molecule has 15 heteroatoms. The summed E-state index contributed by atoms with van der Waals surface area (Å²) in [4.78, 5) is 23.7. The number of rotatable bonds is 8. The quantitative estimate of drug-likeness (QED) is 0.285. The molecule has 1 aliphatic heterocycles. The molecule has 3 rings (SSSR count). The van der Waals surface area contributed by atoms with Crippen molar-refractivity contribution in [3.8, 4) is 0 Å². The van der Waals surface area contributed by atoms with Gasteiger partial charge in [-0.05, 0) is 6.42 Å². The van der Waals surface area contributed by atoms with E-state index in [1.807, 2.05) is 0 Å². The molecule has 0 saturated carbocycles. The summed E-state index contributed by atoms with van der Waals surface area (Å²) >= 11 is 0. The van der Waals surface area contributed by atoms with Gasteiger partial charge in [0.15, 0.2) is 17.7 Å². The molecule has 0 bridgehead atoms. The monoisotopic (exact) mass is 445 g/mol. The van der Waals surface area contributed by atoms with Crippen molar-refractivity contribution in [1.82, 2.24) is 24.2 Å². The van der Waals surface area contributed by atoms with Gasteiger partial charge in [-0.1, -0.05) is 13.3 Å².